The van der Waals surface area contributed by atoms with Gasteiger partial charge in [0.15, 0.2) is 0 Å². The number of nitrogens with zero attached hydrogens (tertiary/aromatic N) is 2. The van der Waals surface area contributed by atoms with Gasteiger partial charge >= 0.3 is 0 Å². The summed E-state index contributed by atoms with van der Waals surface area (Å²) in [6, 6.07) is 83.5. The molecule has 0 aliphatic heterocycles. The van der Waals surface area contributed by atoms with Crippen molar-refractivity contribution < 1.29 is 0 Å². The fourth-order valence-corrected chi connectivity index (χ4v) is 11.3. The molecule has 4 heteroatoms. The second-order valence-corrected chi connectivity index (χ2v) is 18.0. The fraction of sp³-hybridized carbons (Fsp3) is 0. The summed E-state index contributed by atoms with van der Waals surface area (Å²) in [6.07, 6.45) is 0. The Kier molecular flexibility index (Phi) is 9.25. The number of rotatable bonds is 8. The van der Waals surface area contributed by atoms with Crippen LogP contribution in [-0.4, -0.2) is 4.98 Å². The molecule has 0 fully saturated rings. The molecule has 0 atom stereocenters. The Hall–Kier alpha value is -7.63. The summed E-state index contributed by atoms with van der Waals surface area (Å²) < 4.78 is 3.84. The van der Waals surface area contributed by atoms with Crippen molar-refractivity contribution in [1.82, 2.24) is 4.98 Å². The molecule has 0 aliphatic rings. The van der Waals surface area contributed by atoms with Crippen LogP contribution in [0.25, 0.3) is 96.2 Å². The van der Waals surface area contributed by atoms with E-state index < -0.39 is 0 Å². The molecular formula is C59H38N2S2. The van der Waals surface area contributed by atoms with Gasteiger partial charge in [0.1, 0.15) is 5.01 Å². The third-order valence-corrected chi connectivity index (χ3v) is 14.4. The highest BCUT2D eigenvalue weighted by Crippen LogP contribution is 2.45. The molecule has 0 radical (unpaired) electrons. The van der Waals surface area contributed by atoms with Crippen LogP contribution in [0.3, 0.4) is 0 Å². The van der Waals surface area contributed by atoms with Gasteiger partial charge in [-0.2, -0.15) is 0 Å². The molecule has 0 spiro atoms. The van der Waals surface area contributed by atoms with Crippen molar-refractivity contribution >= 4 is 80.9 Å². The molecule has 0 aliphatic carbocycles. The Morgan fingerprint density at radius 3 is 1.63 bits per heavy atom. The van der Waals surface area contributed by atoms with Crippen LogP contribution in [0.15, 0.2) is 231 Å². The highest BCUT2D eigenvalue weighted by atomic mass is 32.1. The minimum atomic E-state index is 1.05. The first-order valence-electron chi connectivity index (χ1n) is 21.3. The van der Waals surface area contributed by atoms with E-state index in [0.29, 0.717) is 0 Å². The molecule has 10 aromatic carbocycles. The van der Waals surface area contributed by atoms with Crippen LogP contribution >= 0.6 is 22.7 Å². The van der Waals surface area contributed by atoms with Gasteiger partial charge in [-0.3, -0.25) is 0 Å². The first-order valence-corrected chi connectivity index (χ1v) is 22.9. The molecule has 63 heavy (non-hydrogen) atoms. The molecule has 0 bridgehead atoms. The summed E-state index contributed by atoms with van der Waals surface area (Å²) in [5.74, 6) is 0. The maximum absolute atomic E-state index is 5.07. The zero-order valence-electron chi connectivity index (χ0n) is 34.2. The molecule has 0 N–H and O–H groups in total. The van der Waals surface area contributed by atoms with Crippen LogP contribution in [0, 0.1) is 0 Å². The second kappa shape index (κ2) is 15.7. The maximum atomic E-state index is 5.07. The Morgan fingerprint density at radius 2 is 0.905 bits per heavy atom. The van der Waals surface area contributed by atoms with Crippen molar-refractivity contribution in [3.8, 4) is 55.1 Å². The monoisotopic (exact) mass is 838 g/mol. The Labute approximate surface area is 374 Å². The molecule has 2 aromatic heterocycles. The molecule has 2 heterocycles. The van der Waals surface area contributed by atoms with Crippen molar-refractivity contribution in [1.29, 1.82) is 0 Å². The lowest BCUT2D eigenvalue weighted by Gasteiger charge is -2.27. The summed E-state index contributed by atoms with van der Waals surface area (Å²) in [7, 11) is 0. The standard InChI is InChI=1S/C59H38N2S2/c1-4-13-39(14-5-1)40-23-28-46(29-24-40)61(48-32-33-51(52(38-48)43-15-6-2-7-16-43)50-22-12-20-42-17-10-11-21-49(42)50)47-30-25-41(26-31-47)45-27-35-55-53(37-45)57-56(62-55)36-34-54-58(57)63-59(60-54)44-18-8-3-9-19-44/h1-38H. The van der Waals surface area contributed by atoms with Gasteiger partial charge in [-0.25, -0.2) is 4.98 Å². The lowest BCUT2D eigenvalue weighted by atomic mass is 9.90. The molecular weight excluding hydrogens is 801 g/mol. The van der Waals surface area contributed by atoms with E-state index in [2.05, 4.69) is 235 Å². The van der Waals surface area contributed by atoms with Crippen molar-refractivity contribution in [3.63, 3.8) is 0 Å². The van der Waals surface area contributed by atoms with Crippen LogP contribution in [0.1, 0.15) is 0 Å². The van der Waals surface area contributed by atoms with Crippen LogP contribution in [-0.2, 0) is 0 Å². The summed E-state index contributed by atoms with van der Waals surface area (Å²) in [5, 5.41) is 6.12. The van der Waals surface area contributed by atoms with Gasteiger partial charge < -0.3 is 4.90 Å². The van der Waals surface area contributed by atoms with Crippen molar-refractivity contribution in [2.45, 2.75) is 0 Å². The molecule has 0 saturated carbocycles. The number of anilines is 3. The SMILES string of the molecule is c1ccc(-c2ccc(N(c3ccc(-c4ccc5sc6ccc7nc(-c8ccccc8)sc7c6c5c4)cc3)c3ccc(-c4cccc5ccccc45)c(-c4ccccc4)c3)cc2)cc1. The van der Waals surface area contributed by atoms with Gasteiger partial charge in [0.05, 0.1) is 10.2 Å². The molecule has 296 valence electrons. The summed E-state index contributed by atoms with van der Waals surface area (Å²) >= 11 is 3.65. The van der Waals surface area contributed by atoms with E-state index in [-0.39, 0.29) is 0 Å². The predicted octanol–water partition coefficient (Wildman–Crippen LogP) is 17.6. The lowest BCUT2D eigenvalue weighted by molar-refractivity contribution is 1.28. The number of fused-ring (bicyclic) bond motifs is 6. The van der Waals surface area contributed by atoms with E-state index in [9.17, 15) is 0 Å². The third-order valence-electron chi connectivity index (χ3n) is 12.1. The largest absolute Gasteiger partial charge is 0.310 e. The van der Waals surface area contributed by atoms with Crippen molar-refractivity contribution in [2.24, 2.45) is 0 Å². The van der Waals surface area contributed by atoms with E-state index in [1.807, 2.05) is 11.3 Å². The average Bonchev–Trinajstić information content (AvgIpc) is 3.97. The molecule has 12 aromatic rings. The minimum Gasteiger partial charge on any atom is -0.310 e. The number of thiazole rings is 1. The second-order valence-electron chi connectivity index (χ2n) is 15.9. The zero-order valence-corrected chi connectivity index (χ0v) is 35.8. The highest BCUT2D eigenvalue weighted by Gasteiger charge is 2.19. The van der Waals surface area contributed by atoms with Crippen LogP contribution in [0.4, 0.5) is 17.1 Å². The molecule has 0 unspecified atom stereocenters. The molecule has 12 rings (SSSR count). The van der Waals surface area contributed by atoms with Crippen molar-refractivity contribution in [3.05, 3.63) is 231 Å². The van der Waals surface area contributed by atoms with Gasteiger partial charge in [-0.15, -0.1) is 22.7 Å². The van der Waals surface area contributed by atoms with Crippen LogP contribution < -0.4 is 4.90 Å². The quantitative estimate of drug-likeness (QED) is 0.152. The van der Waals surface area contributed by atoms with E-state index in [1.165, 1.54) is 80.2 Å². The van der Waals surface area contributed by atoms with E-state index in [0.717, 1.165) is 33.1 Å². The molecule has 0 saturated heterocycles. The van der Waals surface area contributed by atoms with Gasteiger partial charge in [-0.1, -0.05) is 170 Å². The first-order chi connectivity index (χ1) is 31.2. The Morgan fingerprint density at radius 1 is 0.333 bits per heavy atom. The predicted molar refractivity (Wildman–Crippen MR) is 272 cm³/mol. The normalized spacial score (nSPS) is 11.5. The minimum absolute atomic E-state index is 1.05. The third kappa shape index (κ3) is 6.77. The summed E-state index contributed by atoms with van der Waals surface area (Å²) in [6.45, 7) is 0. The van der Waals surface area contributed by atoms with Crippen LogP contribution in [0.2, 0.25) is 0 Å². The maximum Gasteiger partial charge on any atom is 0.124 e. The highest BCUT2D eigenvalue weighted by molar-refractivity contribution is 7.28. The van der Waals surface area contributed by atoms with Gasteiger partial charge in [-0.05, 0) is 116 Å². The number of hydrogen-bond donors (Lipinski definition) is 0. The molecule has 2 nitrogen and oxygen atoms in total. The number of benzene rings is 10. The summed E-state index contributed by atoms with van der Waals surface area (Å²) in [5.41, 5.74) is 15.1. The summed E-state index contributed by atoms with van der Waals surface area (Å²) in [4.78, 5) is 7.46. The first kappa shape index (κ1) is 37.2. The number of hydrogen-bond acceptors (Lipinski definition) is 4. The Balaban J connectivity index is 0.976. The Bertz CT molecular complexity index is 3590. The lowest BCUT2D eigenvalue weighted by Crippen LogP contribution is -2.10. The average molecular weight is 839 g/mol. The van der Waals surface area contributed by atoms with E-state index >= 15 is 0 Å². The zero-order chi connectivity index (χ0) is 41.7. The van der Waals surface area contributed by atoms with E-state index in [4.69, 9.17) is 4.98 Å². The molecule has 0 amide bonds. The van der Waals surface area contributed by atoms with Gasteiger partial charge in [0.2, 0.25) is 0 Å². The van der Waals surface area contributed by atoms with Crippen molar-refractivity contribution in [2.75, 3.05) is 4.90 Å². The van der Waals surface area contributed by atoms with Gasteiger partial charge in [0.25, 0.3) is 0 Å². The van der Waals surface area contributed by atoms with Gasteiger partial charge in [0, 0.05) is 42.8 Å². The van der Waals surface area contributed by atoms with Crippen LogP contribution in [0.5, 0.6) is 0 Å². The smallest absolute Gasteiger partial charge is 0.124 e. The number of thiophene rings is 1. The number of aromatic nitrogens is 1. The topological polar surface area (TPSA) is 16.1 Å². The fourth-order valence-electron chi connectivity index (χ4n) is 9.04. The van der Waals surface area contributed by atoms with E-state index in [1.54, 1.807) is 11.3 Å².